The molecule has 0 saturated heterocycles. The summed E-state index contributed by atoms with van der Waals surface area (Å²) in [4.78, 5) is 9.64. The Balaban J connectivity index is 1.43. The average molecular weight is 425 g/mol. The van der Waals surface area contributed by atoms with E-state index in [4.69, 9.17) is 19.4 Å². The zero-order valence-electron chi connectivity index (χ0n) is 18.5. The topological polar surface area (TPSA) is 44.2 Å². The van der Waals surface area contributed by atoms with Gasteiger partial charge in [0, 0.05) is 0 Å². The third kappa shape index (κ3) is 5.88. The van der Waals surface area contributed by atoms with Gasteiger partial charge >= 0.3 is 0 Å². The molecule has 2 aromatic heterocycles. The van der Waals surface area contributed by atoms with Gasteiger partial charge < -0.3 is 9.47 Å². The fraction of sp³-hybridized carbons (Fsp3) is 0.214. The van der Waals surface area contributed by atoms with Crippen molar-refractivity contribution < 1.29 is 9.47 Å². The second-order valence-corrected chi connectivity index (χ2v) is 7.77. The van der Waals surface area contributed by atoms with Crippen LogP contribution in [0.2, 0.25) is 0 Å². The maximum atomic E-state index is 6.04. The van der Waals surface area contributed by atoms with Crippen LogP contribution in [0.25, 0.3) is 11.4 Å². The number of rotatable bonds is 9. The molecule has 4 rings (SSSR count). The summed E-state index contributed by atoms with van der Waals surface area (Å²) in [6.07, 6.45) is -0.238. The second-order valence-electron chi connectivity index (χ2n) is 7.77. The molecule has 4 aromatic rings. The largest absolute Gasteiger partial charge is 0.368 e. The fourth-order valence-electron chi connectivity index (χ4n) is 3.40. The van der Waals surface area contributed by atoms with Crippen molar-refractivity contribution in [2.24, 2.45) is 0 Å². The van der Waals surface area contributed by atoms with E-state index in [-0.39, 0.29) is 12.2 Å². The van der Waals surface area contributed by atoms with Gasteiger partial charge in [0.05, 0.1) is 48.2 Å². The van der Waals surface area contributed by atoms with Crippen molar-refractivity contribution in [1.29, 1.82) is 0 Å². The van der Waals surface area contributed by atoms with Crippen molar-refractivity contribution in [2.75, 3.05) is 0 Å². The van der Waals surface area contributed by atoms with Crippen molar-refractivity contribution in [3.8, 4) is 11.4 Å². The molecule has 0 N–H and O–H groups in total. The van der Waals surface area contributed by atoms with Gasteiger partial charge in [0.1, 0.15) is 0 Å². The van der Waals surface area contributed by atoms with Gasteiger partial charge in [-0.2, -0.15) is 0 Å². The van der Waals surface area contributed by atoms with Crippen LogP contribution in [0, 0.1) is 0 Å². The van der Waals surface area contributed by atoms with Crippen LogP contribution in [0.4, 0.5) is 0 Å². The van der Waals surface area contributed by atoms with E-state index in [9.17, 15) is 0 Å². The van der Waals surface area contributed by atoms with Crippen LogP contribution in [-0.2, 0) is 22.7 Å². The van der Waals surface area contributed by atoms with Crippen LogP contribution in [-0.4, -0.2) is 9.97 Å². The summed E-state index contributed by atoms with van der Waals surface area (Å²) in [6, 6.07) is 32.3. The third-order valence-corrected chi connectivity index (χ3v) is 5.32. The van der Waals surface area contributed by atoms with E-state index in [0.717, 1.165) is 33.9 Å². The minimum Gasteiger partial charge on any atom is -0.368 e. The number of benzene rings is 2. The first-order valence-corrected chi connectivity index (χ1v) is 10.9. The average Bonchev–Trinajstić information content (AvgIpc) is 2.87. The summed E-state index contributed by atoms with van der Waals surface area (Å²) < 4.78 is 12.1. The predicted octanol–water partition coefficient (Wildman–Crippen LogP) is 6.70. The fourth-order valence-corrected chi connectivity index (χ4v) is 3.40. The molecule has 32 heavy (non-hydrogen) atoms. The third-order valence-electron chi connectivity index (χ3n) is 5.32. The van der Waals surface area contributed by atoms with Gasteiger partial charge in [0.2, 0.25) is 0 Å². The zero-order chi connectivity index (χ0) is 22.2. The molecule has 2 atom stereocenters. The summed E-state index contributed by atoms with van der Waals surface area (Å²) in [5, 5.41) is 0. The van der Waals surface area contributed by atoms with Gasteiger partial charge in [0.15, 0.2) is 0 Å². The minimum atomic E-state index is -0.119. The molecule has 0 unspecified atom stereocenters. The molecule has 0 bridgehead atoms. The quantitative estimate of drug-likeness (QED) is 0.300. The molecule has 0 saturated carbocycles. The van der Waals surface area contributed by atoms with Crippen molar-refractivity contribution >= 4 is 0 Å². The van der Waals surface area contributed by atoms with Crippen LogP contribution in [0.1, 0.15) is 48.6 Å². The normalized spacial score (nSPS) is 12.9. The molecular formula is C28H28N2O2. The first-order valence-electron chi connectivity index (χ1n) is 10.9. The Kier molecular flexibility index (Phi) is 7.38. The van der Waals surface area contributed by atoms with Crippen LogP contribution in [0.5, 0.6) is 0 Å². The van der Waals surface area contributed by atoms with Crippen molar-refractivity contribution in [1.82, 2.24) is 9.97 Å². The summed E-state index contributed by atoms with van der Waals surface area (Å²) in [5.41, 5.74) is 5.73. The van der Waals surface area contributed by atoms with Gasteiger partial charge in [-0.05, 0) is 49.2 Å². The summed E-state index contributed by atoms with van der Waals surface area (Å²) in [5.74, 6) is 0. The molecule has 4 heteroatoms. The first-order chi connectivity index (χ1) is 15.7. The molecule has 0 aliphatic rings. The molecule has 0 aliphatic heterocycles. The lowest BCUT2D eigenvalue weighted by Gasteiger charge is -2.15. The molecule has 0 amide bonds. The predicted molar refractivity (Wildman–Crippen MR) is 127 cm³/mol. The van der Waals surface area contributed by atoms with Crippen LogP contribution >= 0.6 is 0 Å². The van der Waals surface area contributed by atoms with Crippen LogP contribution in [0.3, 0.4) is 0 Å². The van der Waals surface area contributed by atoms with E-state index in [0.29, 0.717) is 13.2 Å². The number of aromatic nitrogens is 2. The Hall–Kier alpha value is -3.34. The molecule has 0 radical (unpaired) electrons. The van der Waals surface area contributed by atoms with E-state index in [1.165, 1.54) is 0 Å². The second kappa shape index (κ2) is 10.8. The van der Waals surface area contributed by atoms with E-state index >= 15 is 0 Å². The molecule has 162 valence electrons. The lowest BCUT2D eigenvalue weighted by molar-refractivity contribution is 0.0495. The number of hydrogen-bond acceptors (Lipinski definition) is 4. The summed E-state index contributed by atoms with van der Waals surface area (Å²) in [7, 11) is 0. The SMILES string of the molecule is C[C@@H](OCc1ccccc1)c1cccc(-c2cccc([C@@H](C)OCc3ccccc3)n2)n1. The molecule has 0 aliphatic carbocycles. The van der Waals surface area contributed by atoms with Crippen LogP contribution < -0.4 is 0 Å². The highest BCUT2D eigenvalue weighted by atomic mass is 16.5. The van der Waals surface area contributed by atoms with Gasteiger partial charge in [-0.15, -0.1) is 0 Å². The van der Waals surface area contributed by atoms with Gasteiger partial charge in [-0.1, -0.05) is 72.8 Å². The highest BCUT2D eigenvalue weighted by Gasteiger charge is 2.13. The number of hydrogen-bond donors (Lipinski definition) is 0. The van der Waals surface area contributed by atoms with E-state index < -0.39 is 0 Å². The Labute approximate surface area is 189 Å². The van der Waals surface area contributed by atoms with Crippen molar-refractivity contribution in [3.63, 3.8) is 0 Å². The highest BCUT2D eigenvalue weighted by Crippen LogP contribution is 2.23. The van der Waals surface area contributed by atoms with Crippen molar-refractivity contribution in [2.45, 2.75) is 39.3 Å². The molecule has 0 fully saturated rings. The summed E-state index contributed by atoms with van der Waals surface area (Å²) in [6.45, 7) is 5.16. The maximum absolute atomic E-state index is 6.04. The van der Waals surface area contributed by atoms with Gasteiger partial charge in [0.25, 0.3) is 0 Å². The van der Waals surface area contributed by atoms with Crippen LogP contribution in [0.15, 0.2) is 97.1 Å². The Morgan fingerprint density at radius 2 is 0.938 bits per heavy atom. The summed E-state index contributed by atoms with van der Waals surface area (Å²) >= 11 is 0. The van der Waals surface area contributed by atoms with E-state index in [2.05, 4.69) is 24.3 Å². The molecule has 2 heterocycles. The van der Waals surface area contributed by atoms with Gasteiger partial charge in [-0.25, -0.2) is 9.97 Å². The van der Waals surface area contributed by atoms with Gasteiger partial charge in [-0.3, -0.25) is 0 Å². The lowest BCUT2D eigenvalue weighted by atomic mass is 10.1. The highest BCUT2D eigenvalue weighted by molar-refractivity contribution is 5.54. The Morgan fingerprint density at radius 3 is 1.34 bits per heavy atom. The maximum Gasteiger partial charge on any atom is 0.0971 e. The zero-order valence-corrected chi connectivity index (χ0v) is 18.5. The molecular weight excluding hydrogens is 396 g/mol. The minimum absolute atomic E-state index is 0.119. The number of ether oxygens (including phenoxy) is 2. The first kappa shape index (κ1) is 21.9. The molecule has 2 aromatic carbocycles. The van der Waals surface area contributed by atoms with Crippen molar-refractivity contribution in [3.05, 3.63) is 120 Å². The standard InChI is InChI=1S/C28H28N2O2/c1-21(31-19-23-11-5-3-6-12-23)25-15-9-17-27(29-25)28-18-10-16-26(30-28)22(2)32-20-24-13-7-4-8-14-24/h3-18,21-22H,19-20H2,1-2H3/t21-,22-/m1/s1. The number of pyridine rings is 2. The molecule has 0 spiro atoms. The van der Waals surface area contributed by atoms with E-state index in [1.807, 2.05) is 86.6 Å². The smallest absolute Gasteiger partial charge is 0.0971 e. The Morgan fingerprint density at radius 1 is 0.531 bits per heavy atom. The number of nitrogens with zero attached hydrogens (tertiary/aromatic N) is 2. The monoisotopic (exact) mass is 424 g/mol. The molecule has 4 nitrogen and oxygen atoms in total. The van der Waals surface area contributed by atoms with E-state index in [1.54, 1.807) is 0 Å². The lowest BCUT2D eigenvalue weighted by Crippen LogP contribution is -2.05. The Bertz CT molecular complexity index is 1030.